The average molecular weight is 321 g/mol. The quantitative estimate of drug-likeness (QED) is 0.688. The Balaban J connectivity index is 1.73. The van der Waals surface area contributed by atoms with E-state index in [0.717, 1.165) is 27.5 Å². The van der Waals surface area contributed by atoms with Crippen LogP contribution in [0.1, 0.15) is 28.4 Å². The highest BCUT2D eigenvalue weighted by Crippen LogP contribution is 2.28. The Morgan fingerprint density at radius 2 is 1.65 bits per heavy atom. The molecule has 23 heavy (non-hydrogen) atoms. The van der Waals surface area contributed by atoms with E-state index in [1.54, 1.807) is 18.0 Å². The van der Waals surface area contributed by atoms with Gasteiger partial charge >= 0.3 is 0 Å². The van der Waals surface area contributed by atoms with Gasteiger partial charge in [0.2, 0.25) is 0 Å². The van der Waals surface area contributed by atoms with Crippen LogP contribution in [-0.2, 0) is 5.75 Å². The predicted octanol–water partition coefficient (Wildman–Crippen LogP) is 4.76. The summed E-state index contributed by atoms with van der Waals surface area (Å²) in [6.07, 6.45) is 1.16. The van der Waals surface area contributed by atoms with Gasteiger partial charge in [-0.1, -0.05) is 60.7 Å². The lowest BCUT2D eigenvalue weighted by Gasteiger charge is -2.14. The summed E-state index contributed by atoms with van der Waals surface area (Å²) in [5, 5.41) is 11.5. The first-order valence-electron chi connectivity index (χ1n) is 7.60. The first-order chi connectivity index (χ1) is 11.2. The molecule has 3 heteroatoms. The Morgan fingerprint density at radius 1 is 1.00 bits per heavy atom. The summed E-state index contributed by atoms with van der Waals surface area (Å²) in [6, 6.07) is 22.1. The first-order valence-corrected chi connectivity index (χ1v) is 8.59. The molecule has 1 N–H and O–H groups in total. The van der Waals surface area contributed by atoms with Gasteiger partial charge in [0.1, 0.15) is 6.10 Å². The first kappa shape index (κ1) is 15.8. The Bertz CT molecular complexity index is 759. The third kappa shape index (κ3) is 4.01. The molecule has 0 spiro atoms. The van der Waals surface area contributed by atoms with E-state index in [1.807, 2.05) is 55.5 Å². The van der Waals surface area contributed by atoms with E-state index in [-0.39, 0.29) is 0 Å². The standard InChI is InChI=1S/C20H19NOS/c1-15-12-19(23-14-16-8-4-2-5-9-16)21-13-18(15)20(22)17-10-6-3-7-11-17/h2-13,20,22H,14H2,1H3/t20-/m0/s1. The highest BCUT2D eigenvalue weighted by Gasteiger charge is 2.13. The van der Waals surface area contributed by atoms with E-state index >= 15 is 0 Å². The van der Waals surface area contributed by atoms with Crippen LogP contribution in [0.4, 0.5) is 0 Å². The lowest BCUT2D eigenvalue weighted by Crippen LogP contribution is -2.03. The number of thioether (sulfide) groups is 1. The molecule has 1 atom stereocenters. The summed E-state index contributed by atoms with van der Waals surface area (Å²) in [4.78, 5) is 4.50. The summed E-state index contributed by atoms with van der Waals surface area (Å²) in [7, 11) is 0. The highest BCUT2D eigenvalue weighted by atomic mass is 32.2. The number of rotatable bonds is 5. The van der Waals surface area contributed by atoms with Gasteiger partial charge < -0.3 is 5.11 Å². The van der Waals surface area contributed by atoms with Crippen molar-refractivity contribution in [2.24, 2.45) is 0 Å². The summed E-state index contributed by atoms with van der Waals surface area (Å²) >= 11 is 1.71. The maximum atomic E-state index is 10.5. The van der Waals surface area contributed by atoms with E-state index < -0.39 is 6.10 Å². The van der Waals surface area contributed by atoms with Crippen molar-refractivity contribution in [3.8, 4) is 0 Å². The van der Waals surface area contributed by atoms with Crippen LogP contribution in [-0.4, -0.2) is 10.1 Å². The number of aliphatic hydroxyl groups excluding tert-OH is 1. The van der Waals surface area contributed by atoms with Crippen LogP contribution >= 0.6 is 11.8 Å². The number of benzene rings is 2. The van der Waals surface area contributed by atoms with Crippen molar-refractivity contribution in [2.75, 3.05) is 0 Å². The maximum Gasteiger partial charge on any atom is 0.106 e. The van der Waals surface area contributed by atoms with Crippen LogP contribution in [0, 0.1) is 6.92 Å². The van der Waals surface area contributed by atoms with Crippen LogP contribution in [0.2, 0.25) is 0 Å². The van der Waals surface area contributed by atoms with Crippen molar-refractivity contribution in [1.82, 2.24) is 4.98 Å². The monoisotopic (exact) mass is 321 g/mol. The topological polar surface area (TPSA) is 33.1 Å². The number of aliphatic hydroxyl groups is 1. The third-order valence-electron chi connectivity index (χ3n) is 3.77. The van der Waals surface area contributed by atoms with Gasteiger partial charge in [-0.05, 0) is 29.7 Å². The molecular formula is C20H19NOS. The molecule has 0 aliphatic heterocycles. The number of nitrogens with zero attached hydrogens (tertiary/aromatic N) is 1. The third-order valence-corrected chi connectivity index (χ3v) is 4.76. The van der Waals surface area contributed by atoms with Gasteiger partial charge in [0.25, 0.3) is 0 Å². The fraction of sp³-hybridized carbons (Fsp3) is 0.150. The van der Waals surface area contributed by atoms with E-state index in [0.29, 0.717) is 0 Å². The van der Waals surface area contributed by atoms with Crippen molar-refractivity contribution in [3.63, 3.8) is 0 Å². The molecule has 0 radical (unpaired) electrons. The van der Waals surface area contributed by atoms with Crippen LogP contribution < -0.4 is 0 Å². The van der Waals surface area contributed by atoms with E-state index in [4.69, 9.17) is 0 Å². The molecule has 0 saturated carbocycles. The summed E-state index contributed by atoms with van der Waals surface area (Å²) in [6.45, 7) is 2.02. The number of hydrogen-bond donors (Lipinski definition) is 1. The Hall–Kier alpha value is -2.10. The van der Waals surface area contributed by atoms with Gasteiger partial charge in [-0.2, -0.15) is 0 Å². The summed E-state index contributed by atoms with van der Waals surface area (Å²) in [5.41, 5.74) is 4.10. The molecule has 0 aliphatic carbocycles. The number of aromatic nitrogens is 1. The molecule has 2 aromatic carbocycles. The Kier molecular flexibility index (Phi) is 5.11. The number of aryl methyl sites for hydroxylation is 1. The van der Waals surface area contributed by atoms with Gasteiger partial charge in [0.05, 0.1) is 5.03 Å². The Morgan fingerprint density at radius 3 is 2.30 bits per heavy atom. The Labute approximate surface area is 141 Å². The van der Waals surface area contributed by atoms with Crippen LogP contribution in [0.5, 0.6) is 0 Å². The van der Waals surface area contributed by atoms with Crippen molar-refractivity contribution < 1.29 is 5.11 Å². The zero-order valence-corrected chi connectivity index (χ0v) is 13.8. The normalized spacial score (nSPS) is 12.1. The number of hydrogen-bond acceptors (Lipinski definition) is 3. The minimum atomic E-state index is -0.628. The summed E-state index contributed by atoms with van der Waals surface area (Å²) in [5.74, 6) is 0.897. The molecule has 0 saturated heterocycles. The molecule has 0 aliphatic rings. The molecular weight excluding hydrogens is 302 g/mol. The van der Waals surface area contributed by atoms with Gasteiger partial charge in [-0.3, -0.25) is 0 Å². The van der Waals surface area contributed by atoms with Crippen LogP contribution in [0.25, 0.3) is 0 Å². The molecule has 116 valence electrons. The van der Waals surface area contributed by atoms with Crippen molar-refractivity contribution in [1.29, 1.82) is 0 Å². The van der Waals surface area contributed by atoms with Crippen molar-refractivity contribution in [2.45, 2.75) is 23.8 Å². The second-order valence-corrected chi connectivity index (χ2v) is 6.46. The summed E-state index contributed by atoms with van der Waals surface area (Å²) < 4.78 is 0. The van der Waals surface area contributed by atoms with E-state index in [1.165, 1.54) is 5.56 Å². The van der Waals surface area contributed by atoms with E-state index in [2.05, 4.69) is 23.2 Å². The lowest BCUT2D eigenvalue weighted by atomic mass is 10.00. The van der Waals surface area contributed by atoms with E-state index in [9.17, 15) is 5.11 Å². The molecule has 3 aromatic rings. The zero-order chi connectivity index (χ0) is 16.1. The molecule has 2 nitrogen and oxygen atoms in total. The zero-order valence-electron chi connectivity index (χ0n) is 13.0. The second-order valence-electron chi connectivity index (χ2n) is 5.47. The maximum absolute atomic E-state index is 10.5. The minimum Gasteiger partial charge on any atom is -0.384 e. The molecule has 1 heterocycles. The van der Waals surface area contributed by atoms with Crippen molar-refractivity contribution in [3.05, 3.63) is 95.2 Å². The molecule has 0 amide bonds. The highest BCUT2D eigenvalue weighted by molar-refractivity contribution is 7.98. The van der Waals surface area contributed by atoms with Gasteiger partial charge in [-0.15, -0.1) is 11.8 Å². The van der Waals surface area contributed by atoms with Crippen LogP contribution in [0.3, 0.4) is 0 Å². The molecule has 0 fully saturated rings. The molecule has 1 aromatic heterocycles. The fourth-order valence-corrected chi connectivity index (χ4v) is 3.35. The predicted molar refractivity (Wildman–Crippen MR) is 95.5 cm³/mol. The largest absolute Gasteiger partial charge is 0.384 e. The molecule has 0 bridgehead atoms. The number of pyridine rings is 1. The van der Waals surface area contributed by atoms with Gasteiger partial charge in [0, 0.05) is 17.5 Å². The fourth-order valence-electron chi connectivity index (χ4n) is 2.45. The SMILES string of the molecule is Cc1cc(SCc2ccccc2)ncc1[C@@H](O)c1ccccc1. The average Bonchev–Trinajstić information content (AvgIpc) is 2.61. The molecule has 0 unspecified atom stereocenters. The van der Waals surface area contributed by atoms with Gasteiger partial charge in [0.15, 0.2) is 0 Å². The minimum absolute atomic E-state index is 0.628. The van der Waals surface area contributed by atoms with Crippen LogP contribution in [0.15, 0.2) is 78.0 Å². The van der Waals surface area contributed by atoms with Gasteiger partial charge in [-0.25, -0.2) is 4.98 Å². The second kappa shape index (κ2) is 7.44. The van der Waals surface area contributed by atoms with Crippen molar-refractivity contribution >= 4 is 11.8 Å². The molecule has 3 rings (SSSR count). The lowest BCUT2D eigenvalue weighted by molar-refractivity contribution is 0.219. The smallest absolute Gasteiger partial charge is 0.106 e.